The zero-order valence-electron chi connectivity index (χ0n) is 13.0. The Morgan fingerprint density at radius 1 is 1.13 bits per heavy atom. The van der Waals surface area contributed by atoms with Gasteiger partial charge in [0.25, 0.3) is 0 Å². The number of nitrogens with one attached hydrogen (secondary N) is 1. The van der Waals surface area contributed by atoms with Crippen LogP contribution in [0.5, 0.6) is 0 Å². The van der Waals surface area contributed by atoms with E-state index in [4.69, 9.17) is 11.6 Å². The van der Waals surface area contributed by atoms with Crippen LogP contribution in [-0.2, 0) is 10.5 Å². The second-order valence-electron chi connectivity index (χ2n) is 5.04. The number of amides is 1. The summed E-state index contributed by atoms with van der Waals surface area (Å²) in [6, 6.07) is 17.9. The zero-order valence-corrected chi connectivity index (χ0v) is 15.4. The van der Waals surface area contributed by atoms with Gasteiger partial charge < -0.3 is 5.32 Å². The molecule has 0 unspecified atom stereocenters. The Labute approximate surface area is 151 Å². The summed E-state index contributed by atoms with van der Waals surface area (Å²) in [4.78, 5) is 13.2. The van der Waals surface area contributed by atoms with E-state index < -0.39 is 0 Å². The molecule has 0 aliphatic carbocycles. The second-order valence-corrected chi connectivity index (χ2v) is 8.00. The Morgan fingerprint density at radius 2 is 1.83 bits per heavy atom. The minimum absolute atomic E-state index is 0.0846. The maximum Gasteiger partial charge on any atom is 0.233 e. The van der Waals surface area contributed by atoms with E-state index >= 15 is 0 Å². The van der Waals surface area contributed by atoms with E-state index in [0.717, 1.165) is 21.4 Å². The Bertz CT molecular complexity index is 604. The highest BCUT2D eigenvalue weighted by molar-refractivity contribution is 8.00. The van der Waals surface area contributed by atoms with E-state index in [1.165, 1.54) is 5.56 Å². The van der Waals surface area contributed by atoms with Crippen LogP contribution in [-0.4, -0.2) is 23.5 Å². The largest absolute Gasteiger partial charge is 0.354 e. The monoisotopic (exact) mass is 365 g/mol. The summed E-state index contributed by atoms with van der Waals surface area (Å²) in [6.07, 6.45) is 0. The van der Waals surface area contributed by atoms with Gasteiger partial charge >= 0.3 is 0 Å². The lowest BCUT2D eigenvalue weighted by Gasteiger charge is -2.11. The molecule has 2 rings (SSSR count). The molecule has 1 atom stereocenters. The number of carbonyl (C=O) groups excluding carboxylic acids is 1. The van der Waals surface area contributed by atoms with Gasteiger partial charge in [-0.3, -0.25) is 4.79 Å². The van der Waals surface area contributed by atoms with Crippen molar-refractivity contribution >= 4 is 41.0 Å². The van der Waals surface area contributed by atoms with E-state index in [0.29, 0.717) is 6.54 Å². The number of thioether (sulfide) groups is 2. The fourth-order valence-corrected chi connectivity index (χ4v) is 3.78. The highest BCUT2D eigenvalue weighted by Crippen LogP contribution is 2.22. The van der Waals surface area contributed by atoms with Gasteiger partial charge in [-0.1, -0.05) is 41.9 Å². The average molecular weight is 366 g/mol. The van der Waals surface area contributed by atoms with Gasteiger partial charge in [0.1, 0.15) is 0 Å². The third kappa shape index (κ3) is 6.90. The van der Waals surface area contributed by atoms with Crippen LogP contribution in [0.15, 0.2) is 59.5 Å². The molecule has 0 saturated heterocycles. The van der Waals surface area contributed by atoms with Gasteiger partial charge in [0.05, 0.1) is 5.25 Å². The smallest absolute Gasteiger partial charge is 0.233 e. The molecule has 0 aromatic heterocycles. The van der Waals surface area contributed by atoms with Crippen LogP contribution in [0, 0.1) is 0 Å². The number of halogens is 1. The van der Waals surface area contributed by atoms with Gasteiger partial charge in [-0.15, -0.1) is 11.8 Å². The van der Waals surface area contributed by atoms with Crippen LogP contribution >= 0.6 is 35.1 Å². The first-order valence-electron chi connectivity index (χ1n) is 7.47. The normalized spacial score (nSPS) is 11.9. The predicted octanol–water partition coefficient (Wildman–Crippen LogP) is 4.87. The van der Waals surface area contributed by atoms with Crippen LogP contribution in [0.25, 0.3) is 0 Å². The van der Waals surface area contributed by atoms with Gasteiger partial charge in [0.2, 0.25) is 5.91 Å². The Balaban J connectivity index is 1.61. The number of carbonyl (C=O) groups is 1. The predicted molar refractivity (Wildman–Crippen MR) is 102 cm³/mol. The fraction of sp³-hybridized carbons (Fsp3) is 0.278. The Hall–Kier alpha value is -1.10. The summed E-state index contributed by atoms with van der Waals surface area (Å²) in [5.41, 5.74) is 1.25. The van der Waals surface area contributed by atoms with Crippen molar-refractivity contribution in [2.75, 3.05) is 12.3 Å². The third-order valence-corrected chi connectivity index (χ3v) is 5.55. The summed E-state index contributed by atoms with van der Waals surface area (Å²) in [5.74, 6) is 1.92. The zero-order chi connectivity index (χ0) is 16.5. The van der Waals surface area contributed by atoms with Crippen molar-refractivity contribution < 1.29 is 4.79 Å². The third-order valence-electron chi connectivity index (χ3n) is 3.15. The van der Waals surface area contributed by atoms with Crippen molar-refractivity contribution in [1.82, 2.24) is 5.32 Å². The molecule has 0 fully saturated rings. The number of benzene rings is 2. The van der Waals surface area contributed by atoms with Crippen LogP contribution in [0.2, 0.25) is 5.02 Å². The lowest BCUT2D eigenvalue weighted by Crippen LogP contribution is -2.32. The van der Waals surface area contributed by atoms with Crippen LogP contribution in [0.3, 0.4) is 0 Å². The Morgan fingerprint density at radius 3 is 2.52 bits per heavy atom. The number of hydrogen-bond acceptors (Lipinski definition) is 3. The lowest BCUT2D eigenvalue weighted by atomic mass is 10.2. The molecule has 0 radical (unpaired) electrons. The van der Waals surface area contributed by atoms with Crippen molar-refractivity contribution in [2.45, 2.75) is 22.8 Å². The molecule has 0 bridgehead atoms. The Kier molecular flexibility index (Phi) is 7.86. The SMILES string of the molecule is C[C@H](Sc1ccccc1)C(=O)NCCSCc1ccc(Cl)cc1. The van der Waals surface area contributed by atoms with Gasteiger partial charge in [-0.2, -0.15) is 11.8 Å². The van der Waals surface area contributed by atoms with E-state index in [1.807, 2.05) is 61.5 Å². The minimum atomic E-state index is -0.0846. The maximum atomic E-state index is 12.1. The van der Waals surface area contributed by atoms with Crippen LogP contribution < -0.4 is 5.32 Å². The first kappa shape index (κ1) is 18.2. The summed E-state index contributed by atoms with van der Waals surface area (Å²) >= 11 is 9.25. The average Bonchev–Trinajstić information content (AvgIpc) is 2.57. The van der Waals surface area contributed by atoms with Gasteiger partial charge in [-0.25, -0.2) is 0 Å². The molecule has 5 heteroatoms. The topological polar surface area (TPSA) is 29.1 Å². The van der Waals surface area contributed by atoms with E-state index in [1.54, 1.807) is 23.5 Å². The summed E-state index contributed by atoms with van der Waals surface area (Å²) in [6.45, 7) is 2.63. The first-order chi connectivity index (χ1) is 11.1. The fourth-order valence-electron chi connectivity index (χ4n) is 1.92. The van der Waals surface area contributed by atoms with E-state index in [9.17, 15) is 4.79 Å². The first-order valence-corrected chi connectivity index (χ1v) is 9.88. The van der Waals surface area contributed by atoms with Crippen molar-refractivity contribution in [2.24, 2.45) is 0 Å². The van der Waals surface area contributed by atoms with Gasteiger partial charge in [0.15, 0.2) is 0 Å². The molecule has 2 nitrogen and oxygen atoms in total. The standard InChI is InChI=1S/C18H20ClNOS2/c1-14(23-17-5-3-2-4-6-17)18(21)20-11-12-22-13-15-7-9-16(19)10-8-15/h2-10,14H,11-13H2,1H3,(H,20,21)/t14-/m0/s1. The highest BCUT2D eigenvalue weighted by atomic mass is 35.5. The van der Waals surface area contributed by atoms with Crippen molar-refractivity contribution in [3.8, 4) is 0 Å². The molecule has 1 N–H and O–H groups in total. The molecule has 122 valence electrons. The summed E-state index contributed by atoms with van der Waals surface area (Å²) in [7, 11) is 0. The van der Waals surface area contributed by atoms with Crippen LogP contribution in [0.4, 0.5) is 0 Å². The molecule has 2 aromatic rings. The van der Waals surface area contributed by atoms with Crippen molar-refractivity contribution in [3.05, 3.63) is 65.2 Å². The summed E-state index contributed by atoms with van der Waals surface area (Å²) < 4.78 is 0. The quantitative estimate of drug-likeness (QED) is 0.534. The molecule has 0 aliphatic rings. The van der Waals surface area contributed by atoms with Gasteiger partial charge in [0, 0.05) is 28.0 Å². The number of hydrogen-bond donors (Lipinski definition) is 1. The molecule has 1 amide bonds. The molecule has 0 spiro atoms. The number of rotatable bonds is 8. The molecule has 2 aromatic carbocycles. The molecule has 0 aliphatic heterocycles. The minimum Gasteiger partial charge on any atom is -0.354 e. The molecule has 23 heavy (non-hydrogen) atoms. The van der Waals surface area contributed by atoms with Crippen LogP contribution in [0.1, 0.15) is 12.5 Å². The second kappa shape index (κ2) is 9.91. The van der Waals surface area contributed by atoms with Crippen molar-refractivity contribution in [3.63, 3.8) is 0 Å². The lowest BCUT2D eigenvalue weighted by molar-refractivity contribution is -0.120. The maximum absolute atomic E-state index is 12.1. The molecular weight excluding hydrogens is 346 g/mol. The van der Waals surface area contributed by atoms with E-state index in [2.05, 4.69) is 5.32 Å². The highest BCUT2D eigenvalue weighted by Gasteiger charge is 2.13. The molecule has 0 saturated carbocycles. The van der Waals surface area contributed by atoms with Crippen molar-refractivity contribution in [1.29, 1.82) is 0 Å². The van der Waals surface area contributed by atoms with Gasteiger partial charge in [-0.05, 0) is 36.8 Å². The molecular formula is C18H20ClNOS2. The molecule has 0 heterocycles. The van der Waals surface area contributed by atoms with E-state index in [-0.39, 0.29) is 11.2 Å². The summed E-state index contributed by atoms with van der Waals surface area (Å²) in [5, 5.41) is 3.67.